The molecule has 2 N–H and O–H groups in total. The smallest absolute Gasteiger partial charge is 0.132 e. The van der Waals surface area contributed by atoms with Crippen molar-refractivity contribution in [3.8, 4) is 0 Å². The van der Waals surface area contributed by atoms with Crippen molar-refractivity contribution in [2.45, 2.75) is 39.3 Å². The molecule has 1 heterocycles. The van der Waals surface area contributed by atoms with Crippen molar-refractivity contribution in [1.82, 2.24) is 4.90 Å². The molecule has 1 aliphatic rings. The van der Waals surface area contributed by atoms with Gasteiger partial charge in [-0.1, -0.05) is 31.5 Å². The van der Waals surface area contributed by atoms with Crippen LogP contribution in [0.4, 0.5) is 4.39 Å². The van der Waals surface area contributed by atoms with E-state index in [1.54, 1.807) is 6.07 Å². The number of benzene rings is 1. The molecule has 0 aliphatic carbocycles. The Bertz CT molecular complexity index is 392. The fourth-order valence-electron chi connectivity index (χ4n) is 2.85. The van der Waals surface area contributed by atoms with E-state index in [4.69, 9.17) is 5.73 Å². The molecule has 3 heteroatoms. The van der Waals surface area contributed by atoms with Crippen LogP contribution in [-0.4, -0.2) is 18.0 Å². The molecule has 0 spiro atoms. The van der Waals surface area contributed by atoms with Crippen LogP contribution in [0.15, 0.2) is 18.2 Å². The number of hydrogen-bond acceptors (Lipinski definition) is 2. The molecule has 1 saturated heterocycles. The summed E-state index contributed by atoms with van der Waals surface area (Å²) in [5.74, 6) is 0.690. The molecular formula is C15H23FN2. The number of likely N-dealkylation sites (tertiary alicyclic amines) is 1. The van der Waals surface area contributed by atoms with Gasteiger partial charge in [-0.3, -0.25) is 4.90 Å². The highest BCUT2D eigenvalue weighted by atomic mass is 19.1. The molecule has 0 amide bonds. The van der Waals surface area contributed by atoms with Crippen molar-refractivity contribution in [2.24, 2.45) is 11.7 Å². The monoisotopic (exact) mass is 250 g/mol. The van der Waals surface area contributed by atoms with Crippen LogP contribution in [0.25, 0.3) is 0 Å². The van der Waals surface area contributed by atoms with Gasteiger partial charge in [0.2, 0.25) is 0 Å². The molecule has 100 valence electrons. The van der Waals surface area contributed by atoms with Crippen LogP contribution >= 0.6 is 0 Å². The van der Waals surface area contributed by atoms with Crippen LogP contribution in [0.3, 0.4) is 0 Å². The lowest BCUT2D eigenvalue weighted by Gasteiger charge is -2.17. The van der Waals surface area contributed by atoms with Crippen LogP contribution in [0.2, 0.25) is 0 Å². The second kappa shape index (κ2) is 6.30. The third-order valence-corrected chi connectivity index (χ3v) is 3.84. The Kier molecular flexibility index (Phi) is 4.72. The summed E-state index contributed by atoms with van der Waals surface area (Å²) >= 11 is 0. The first-order valence-electron chi connectivity index (χ1n) is 6.93. The predicted octanol–water partition coefficient (Wildman–Crippen LogP) is 2.91. The van der Waals surface area contributed by atoms with Gasteiger partial charge in [0.1, 0.15) is 5.82 Å². The normalized spacial score (nSPS) is 20.5. The van der Waals surface area contributed by atoms with Crippen LogP contribution in [0, 0.1) is 11.7 Å². The van der Waals surface area contributed by atoms with E-state index in [1.807, 2.05) is 12.1 Å². The van der Waals surface area contributed by atoms with Gasteiger partial charge in [0.25, 0.3) is 0 Å². The maximum atomic E-state index is 14.1. The van der Waals surface area contributed by atoms with E-state index in [0.29, 0.717) is 5.56 Å². The van der Waals surface area contributed by atoms with E-state index in [1.165, 1.54) is 19.3 Å². The van der Waals surface area contributed by atoms with Crippen molar-refractivity contribution < 1.29 is 4.39 Å². The lowest BCUT2D eigenvalue weighted by Crippen LogP contribution is -2.21. The summed E-state index contributed by atoms with van der Waals surface area (Å²) in [6, 6.07) is 5.55. The zero-order valence-electron chi connectivity index (χ0n) is 11.2. The predicted molar refractivity (Wildman–Crippen MR) is 72.6 cm³/mol. The molecule has 1 aliphatic heterocycles. The minimum atomic E-state index is -0.112. The fraction of sp³-hybridized carbons (Fsp3) is 0.600. The molecule has 1 unspecified atom stereocenters. The van der Waals surface area contributed by atoms with Gasteiger partial charge in [-0.2, -0.15) is 0 Å². The van der Waals surface area contributed by atoms with E-state index in [0.717, 1.165) is 31.1 Å². The third-order valence-electron chi connectivity index (χ3n) is 3.84. The second-order valence-corrected chi connectivity index (χ2v) is 5.27. The summed E-state index contributed by atoms with van der Waals surface area (Å²) < 4.78 is 14.1. The number of nitrogens with two attached hydrogens (primary N) is 1. The van der Waals surface area contributed by atoms with Crippen LogP contribution in [0.1, 0.15) is 37.3 Å². The molecule has 2 rings (SSSR count). The van der Waals surface area contributed by atoms with E-state index in [2.05, 4.69) is 11.8 Å². The average molecular weight is 250 g/mol. The van der Waals surface area contributed by atoms with Gasteiger partial charge in [0.05, 0.1) is 0 Å². The van der Waals surface area contributed by atoms with Crippen molar-refractivity contribution in [3.63, 3.8) is 0 Å². The SMILES string of the molecule is CCCC1CCN(Cc2cccc(CN)c2F)C1. The molecule has 2 nitrogen and oxygen atoms in total. The van der Waals surface area contributed by atoms with Crippen LogP contribution in [0.5, 0.6) is 0 Å². The summed E-state index contributed by atoms with van der Waals surface area (Å²) in [6.45, 7) is 5.43. The number of halogens is 1. The summed E-state index contributed by atoms with van der Waals surface area (Å²) in [7, 11) is 0. The minimum absolute atomic E-state index is 0.112. The molecule has 0 saturated carbocycles. The maximum absolute atomic E-state index is 14.1. The number of rotatable bonds is 5. The molecule has 1 aromatic rings. The van der Waals surface area contributed by atoms with Gasteiger partial charge in [0.15, 0.2) is 0 Å². The van der Waals surface area contributed by atoms with E-state index in [-0.39, 0.29) is 12.4 Å². The molecule has 18 heavy (non-hydrogen) atoms. The highest BCUT2D eigenvalue weighted by Crippen LogP contribution is 2.23. The molecule has 1 atom stereocenters. The Hall–Kier alpha value is -0.930. The average Bonchev–Trinajstić information content (AvgIpc) is 2.80. The fourth-order valence-corrected chi connectivity index (χ4v) is 2.85. The Balaban J connectivity index is 1.98. The molecular weight excluding hydrogens is 227 g/mol. The summed E-state index contributed by atoms with van der Waals surface area (Å²) in [5.41, 5.74) is 6.94. The zero-order valence-corrected chi connectivity index (χ0v) is 11.2. The molecule has 0 aromatic heterocycles. The van der Waals surface area contributed by atoms with Gasteiger partial charge < -0.3 is 5.73 Å². The van der Waals surface area contributed by atoms with Gasteiger partial charge in [-0.15, -0.1) is 0 Å². The van der Waals surface area contributed by atoms with E-state index >= 15 is 0 Å². The summed E-state index contributed by atoms with van der Waals surface area (Å²) in [6.07, 6.45) is 3.80. The molecule has 1 aromatic carbocycles. The Morgan fingerprint density at radius 2 is 2.17 bits per heavy atom. The lowest BCUT2D eigenvalue weighted by atomic mass is 10.0. The third kappa shape index (κ3) is 3.09. The van der Waals surface area contributed by atoms with Crippen molar-refractivity contribution in [1.29, 1.82) is 0 Å². The second-order valence-electron chi connectivity index (χ2n) is 5.27. The Labute approximate surface area is 109 Å². The topological polar surface area (TPSA) is 29.3 Å². The number of hydrogen-bond donors (Lipinski definition) is 1. The summed E-state index contributed by atoms with van der Waals surface area (Å²) in [4.78, 5) is 2.36. The Morgan fingerprint density at radius 3 is 2.89 bits per heavy atom. The van der Waals surface area contributed by atoms with Gasteiger partial charge in [0, 0.05) is 30.8 Å². The first-order chi connectivity index (χ1) is 8.74. The standard InChI is InChI=1S/C15H23FN2/c1-2-4-12-7-8-18(10-12)11-14-6-3-5-13(9-17)15(14)16/h3,5-6,12H,2,4,7-11,17H2,1H3. The molecule has 0 bridgehead atoms. The van der Waals surface area contributed by atoms with Crippen LogP contribution < -0.4 is 5.73 Å². The van der Waals surface area contributed by atoms with Crippen LogP contribution in [-0.2, 0) is 13.1 Å². The first kappa shape index (κ1) is 13.5. The van der Waals surface area contributed by atoms with Crippen molar-refractivity contribution in [2.75, 3.05) is 13.1 Å². The van der Waals surface area contributed by atoms with Crippen molar-refractivity contribution in [3.05, 3.63) is 35.1 Å². The van der Waals surface area contributed by atoms with Crippen molar-refractivity contribution >= 4 is 0 Å². The summed E-state index contributed by atoms with van der Waals surface area (Å²) in [5, 5.41) is 0. The zero-order chi connectivity index (χ0) is 13.0. The minimum Gasteiger partial charge on any atom is -0.326 e. The maximum Gasteiger partial charge on any atom is 0.132 e. The largest absolute Gasteiger partial charge is 0.326 e. The molecule has 1 fully saturated rings. The molecule has 0 radical (unpaired) electrons. The van der Waals surface area contributed by atoms with E-state index < -0.39 is 0 Å². The highest BCUT2D eigenvalue weighted by molar-refractivity contribution is 5.26. The lowest BCUT2D eigenvalue weighted by molar-refractivity contribution is 0.307. The quantitative estimate of drug-likeness (QED) is 0.870. The first-order valence-corrected chi connectivity index (χ1v) is 6.93. The van der Waals surface area contributed by atoms with Gasteiger partial charge in [-0.05, 0) is 25.3 Å². The highest BCUT2D eigenvalue weighted by Gasteiger charge is 2.22. The Morgan fingerprint density at radius 1 is 1.39 bits per heavy atom. The van der Waals surface area contributed by atoms with E-state index in [9.17, 15) is 4.39 Å². The van der Waals surface area contributed by atoms with Gasteiger partial charge in [-0.25, -0.2) is 4.39 Å². The number of nitrogens with zero attached hydrogens (tertiary/aromatic N) is 1. The van der Waals surface area contributed by atoms with Gasteiger partial charge >= 0.3 is 0 Å².